The zero-order valence-corrected chi connectivity index (χ0v) is 15.7. The van der Waals surface area contributed by atoms with Crippen molar-refractivity contribution in [2.45, 2.75) is 13.8 Å². The van der Waals surface area contributed by atoms with Crippen LogP contribution in [0.5, 0.6) is 0 Å². The Morgan fingerprint density at radius 3 is 2.70 bits per heavy atom. The molecule has 27 heavy (non-hydrogen) atoms. The third kappa shape index (κ3) is 3.58. The van der Waals surface area contributed by atoms with Crippen LogP contribution >= 0.6 is 0 Å². The molecule has 7 heteroatoms. The molecule has 1 aliphatic rings. The quantitative estimate of drug-likeness (QED) is 0.770. The minimum Gasteiger partial charge on any atom is -0.370 e. The molecule has 1 fully saturated rings. The van der Waals surface area contributed by atoms with E-state index in [0.29, 0.717) is 13.1 Å². The predicted molar refractivity (Wildman–Crippen MR) is 106 cm³/mol. The maximum absolute atomic E-state index is 12.9. The molecule has 0 spiro atoms. The first kappa shape index (κ1) is 17.3. The monoisotopic (exact) mass is 364 g/mol. The van der Waals surface area contributed by atoms with E-state index in [9.17, 15) is 4.79 Å². The molecule has 0 aliphatic carbocycles. The molecule has 3 aromatic heterocycles. The second kappa shape index (κ2) is 7.26. The van der Waals surface area contributed by atoms with Crippen LogP contribution in [0, 0.1) is 6.92 Å². The summed E-state index contributed by atoms with van der Waals surface area (Å²) < 4.78 is 1.98. The van der Waals surface area contributed by atoms with Gasteiger partial charge < -0.3 is 19.5 Å². The van der Waals surface area contributed by atoms with E-state index >= 15 is 0 Å². The summed E-state index contributed by atoms with van der Waals surface area (Å²) in [6.45, 7) is 7.68. The molecule has 0 radical (unpaired) electrons. The first-order valence-corrected chi connectivity index (χ1v) is 9.34. The van der Waals surface area contributed by atoms with Crippen molar-refractivity contribution in [3.63, 3.8) is 0 Å². The molecule has 0 bridgehead atoms. The highest BCUT2D eigenvalue weighted by Gasteiger charge is 2.24. The van der Waals surface area contributed by atoms with E-state index in [2.05, 4.69) is 20.2 Å². The lowest BCUT2D eigenvalue weighted by molar-refractivity contribution is 0.0746. The van der Waals surface area contributed by atoms with E-state index in [-0.39, 0.29) is 5.91 Å². The Morgan fingerprint density at radius 2 is 1.96 bits per heavy atom. The summed E-state index contributed by atoms with van der Waals surface area (Å²) in [4.78, 5) is 26.0. The average Bonchev–Trinajstić information content (AvgIpc) is 3.11. The van der Waals surface area contributed by atoms with Gasteiger partial charge in [0.15, 0.2) is 0 Å². The van der Waals surface area contributed by atoms with Gasteiger partial charge in [0.1, 0.15) is 17.5 Å². The van der Waals surface area contributed by atoms with Crippen molar-refractivity contribution in [3.05, 3.63) is 54.1 Å². The lowest BCUT2D eigenvalue weighted by atomic mass is 10.2. The highest BCUT2D eigenvalue weighted by atomic mass is 16.2. The van der Waals surface area contributed by atoms with Gasteiger partial charge in [-0.2, -0.15) is 0 Å². The number of nitrogens with one attached hydrogen (secondary N) is 1. The molecule has 4 heterocycles. The molecule has 1 saturated heterocycles. The van der Waals surface area contributed by atoms with Crippen LogP contribution in [0.1, 0.15) is 23.1 Å². The highest BCUT2D eigenvalue weighted by Crippen LogP contribution is 2.19. The lowest BCUT2D eigenvalue weighted by Gasteiger charge is -2.35. The number of pyridine rings is 1. The fraction of sp³-hybridized carbons (Fsp3) is 0.350. The van der Waals surface area contributed by atoms with Crippen LogP contribution in [-0.4, -0.2) is 57.9 Å². The number of carbonyl (C=O) groups is 1. The minimum atomic E-state index is 0.0885. The zero-order chi connectivity index (χ0) is 18.8. The van der Waals surface area contributed by atoms with Gasteiger partial charge in [-0.25, -0.2) is 9.97 Å². The number of hydrogen-bond acceptors (Lipinski definition) is 5. The number of rotatable bonds is 4. The summed E-state index contributed by atoms with van der Waals surface area (Å²) >= 11 is 0. The fourth-order valence-corrected chi connectivity index (χ4v) is 3.48. The standard InChI is InChI=1S/C20H24N6O/c1-3-21-18-13-19(23-15(2)22-18)24-8-10-25(11-9-24)20(27)16-12-17-6-4-5-7-26(17)14-16/h4-7,12-14H,3,8-11H2,1-2H3,(H,21,22,23). The molecule has 0 atom stereocenters. The molecule has 140 valence electrons. The van der Waals surface area contributed by atoms with Gasteiger partial charge in [-0.1, -0.05) is 6.07 Å². The Hall–Kier alpha value is -3.09. The molecule has 0 saturated carbocycles. The van der Waals surface area contributed by atoms with Gasteiger partial charge in [0, 0.05) is 56.7 Å². The summed E-state index contributed by atoms with van der Waals surface area (Å²) in [6.07, 6.45) is 3.87. The molecule has 0 unspecified atom stereocenters. The molecule has 3 aromatic rings. The fourth-order valence-electron chi connectivity index (χ4n) is 3.48. The summed E-state index contributed by atoms with van der Waals surface area (Å²) in [6, 6.07) is 9.88. The van der Waals surface area contributed by atoms with Crippen LogP contribution in [0.25, 0.3) is 5.52 Å². The molecule has 1 amide bonds. The van der Waals surface area contributed by atoms with Crippen molar-refractivity contribution in [2.75, 3.05) is 42.9 Å². The molecule has 7 nitrogen and oxygen atoms in total. The van der Waals surface area contributed by atoms with E-state index in [1.54, 1.807) is 0 Å². The topological polar surface area (TPSA) is 65.8 Å². The van der Waals surface area contributed by atoms with E-state index in [1.165, 1.54) is 0 Å². The van der Waals surface area contributed by atoms with Crippen molar-refractivity contribution in [1.29, 1.82) is 0 Å². The normalized spacial score (nSPS) is 14.6. The first-order chi connectivity index (χ1) is 13.1. The number of fused-ring (bicyclic) bond motifs is 1. The molecule has 1 aliphatic heterocycles. The molecular formula is C20H24N6O. The number of aryl methyl sites for hydroxylation is 1. The predicted octanol–water partition coefficient (Wildman–Crippen LogP) is 2.43. The third-order valence-corrected chi connectivity index (χ3v) is 4.82. The number of anilines is 2. The highest BCUT2D eigenvalue weighted by molar-refractivity contribution is 5.95. The van der Waals surface area contributed by atoms with E-state index in [4.69, 9.17) is 0 Å². The Morgan fingerprint density at radius 1 is 1.15 bits per heavy atom. The molecular weight excluding hydrogens is 340 g/mol. The largest absolute Gasteiger partial charge is 0.370 e. The van der Waals surface area contributed by atoms with Gasteiger partial charge in [0.05, 0.1) is 5.56 Å². The van der Waals surface area contributed by atoms with E-state index < -0.39 is 0 Å². The Bertz CT molecular complexity index is 925. The number of nitrogens with zero attached hydrogens (tertiary/aromatic N) is 5. The van der Waals surface area contributed by atoms with Crippen molar-refractivity contribution in [3.8, 4) is 0 Å². The van der Waals surface area contributed by atoms with Crippen molar-refractivity contribution >= 4 is 23.1 Å². The number of hydrogen-bond donors (Lipinski definition) is 1. The summed E-state index contributed by atoms with van der Waals surface area (Å²) in [7, 11) is 0. The van der Waals surface area contributed by atoms with Crippen LogP contribution in [0.4, 0.5) is 11.6 Å². The van der Waals surface area contributed by atoms with Gasteiger partial charge in [-0.3, -0.25) is 4.79 Å². The molecule has 4 rings (SSSR count). The average molecular weight is 364 g/mol. The second-order valence-electron chi connectivity index (χ2n) is 6.73. The van der Waals surface area contributed by atoms with Gasteiger partial charge >= 0.3 is 0 Å². The third-order valence-electron chi connectivity index (χ3n) is 4.82. The molecule has 0 aromatic carbocycles. The number of piperazine rings is 1. The number of amides is 1. The van der Waals surface area contributed by atoms with Crippen LogP contribution in [0.15, 0.2) is 42.7 Å². The maximum atomic E-state index is 12.9. The van der Waals surface area contributed by atoms with Crippen molar-refractivity contribution in [1.82, 2.24) is 19.3 Å². The Kier molecular flexibility index (Phi) is 4.66. The summed E-state index contributed by atoms with van der Waals surface area (Å²) in [5.74, 6) is 2.60. The smallest absolute Gasteiger partial charge is 0.255 e. The van der Waals surface area contributed by atoms with Crippen LogP contribution in [0.3, 0.4) is 0 Å². The van der Waals surface area contributed by atoms with Crippen molar-refractivity contribution in [2.24, 2.45) is 0 Å². The van der Waals surface area contributed by atoms with E-state index in [0.717, 1.165) is 48.2 Å². The summed E-state index contributed by atoms with van der Waals surface area (Å²) in [5, 5.41) is 3.24. The van der Waals surface area contributed by atoms with E-state index in [1.807, 2.05) is 65.9 Å². The van der Waals surface area contributed by atoms with Gasteiger partial charge in [0.2, 0.25) is 0 Å². The molecule has 1 N–H and O–H groups in total. The van der Waals surface area contributed by atoms with Crippen LogP contribution in [-0.2, 0) is 0 Å². The van der Waals surface area contributed by atoms with Crippen LogP contribution < -0.4 is 10.2 Å². The number of aromatic nitrogens is 3. The SMILES string of the molecule is CCNc1cc(N2CCN(C(=O)c3cc4ccccn4c3)CC2)nc(C)n1. The lowest BCUT2D eigenvalue weighted by Crippen LogP contribution is -2.49. The maximum Gasteiger partial charge on any atom is 0.255 e. The van der Waals surface area contributed by atoms with Crippen molar-refractivity contribution < 1.29 is 4.79 Å². The Balaban J connectivity index is 1.45. The Labute approximate surface area is 158 Å². The minimum absolute atomic E-state index is 0.0885. The second-order valence-corrected chi connectivity index (χ2v) is 6.73. The number of carbonyl (C=O) groups excluding carboxylic acids is 1. The van der Waals surface area contributed by atoms with Gasteiger partial charge in [-0.15, -0.1) is 0 Å². The zero-order valence-electron chi connectivity index (χ0n) is 15.7. The summed E-state index contributed by atoms with van der Waals surface area (Å²) in [5.41, 5.74) is 1.77. The van der Waals surface area contributed by atoms with Gasteiger partial charge in [0.25, 0.3) is 5.91 Å². The van der Waals surface area contributed by atoms with Crippen LogP contribution in [0.2, 0.25) is 0 Å². The van der Waals surface area contributed by atoms with Gasteiger partial charge in [-0.05, 0) is 32.0 Å². The first-order valence-electron chi connectivity index (χ1n) is 9.34.